The van der Waals surface area contributed by atoms with E-state index in [0.29, 0.717) is 6.42 Å². The van der Waals surface area contributed by atoms with Gasteiger partial charge in [0.25, 0.3) is 6.43 Å². The van der Waals surface area contributed by atoms with Crippen LogP contribution in [0.15, 0.2) is 30.3 Å². The number of benzene rings is 1. The topological polar surface area (TPSA) is 26.0 Å². The van der Waals surface area contributed by atoms with Gasteiger partial charge in [-0.1, -0.05) is 43.2 Å². The van der Waals surface area contributed by atoms with Gasteiger partial charge in [0.15, 0.2) is 0 Å². The van der Waals surface area contributed by atoms with Crippen LogP contribution in [0.4, 0.5) is 8.78 Å². The van der Waals surface area contributed by atoms with Gasteiger partial charge in [-0.15, -0.1) is 0 Å². The van der Waals surface area contributed by atoms with Gasteiger partial charge in [0.05, 0.1) is 6.04 Å². The molecule has 94 valence electrons. The SMILES string of the molecule is NC(CC1(c2ccccc2)CCCC1)C(F)F. The van der Waals surface area contributed by atoms with Crippen LogP contribution in [-0.4, -0.2) is 12.5 Å². The predicted octanol–water partition coefficient (Wildman–Crippen LogP) is 3.48. The van der Waals surface area contributed by atoms with Crippen LogP contribution in [0, 0.1) is 0 Å². The van der Waals surface area contributed by atoms with E-state index in [1.165, 1.54) is 5.56 Å². The van der Waals surface area contributed by atoms with Crippen molar-refractivity contribution in [1.29, 1.82) is 0 Å². The molecule has 0 saturated heterocycles. The van der Waals surface area contributed by atoms with E-state index in [1.807, 2.05) is 30.3 Å². The second kappa shape index (κ2) is 5.13. The van der Waals surface area contributed by atoms with Crippen molar-refractivity contribution in [3.8, 4) is 0 Å². The summed E-state index contributed by atoms with van der Waals surface area (Å²) >= 11 is 0. The average molecular weight is 239 g/mol. The van der Waals surface area contributed by atoms with Crippen molar-refractivity contribution in [3.63, 3.8) is 0 Å². The Morgan fingerprint density at radius 2 is 1.71 bits per heavy atom. The van der Waals surface area contributed by atoms with Crippen LogP contribution >= 0.6 is 0 Å². The fourth-order valence-corrected chi connectivity index (χ4v) is 2.99. The van der Waals surface area contributed by atoms with Crippen molar-refractivity contribution in [2.24, 2.45) is 5.73 Å². The van der Waals surface area contributed by atoms with E-state index in [0.717, 1.165) is 25.7 Å². The summed E-state index contributed by atoms with van der Waals surface area (Å²) in [4.78, 5) is 0. The largest absolute Gasteiger partial charge is 0.323 e. The van der Waals surface area contributed by atoms with Crippen molar-refractivity contribution < 1.29 is 8.78 Å². The van der Waals surface area contributed by atoms with Crippen LogP contribution in [-0.2, 0) is 5.41 Å². The molecule has 1 unspecified atom stereocenters. The van der Waals surface area contributed by atoms with Crippen molar-refractivity contribution >= 4 is 0 Å². The standard InChI is InChI=1S/C14H19F2N/c15-13(16)12(17)10-14(8-4-5-9-14)11-6-2-1-3-7-11/h1-3,6-7,12-13H,4-5,8-10,17H2. The maximum atomic E-state index is 12.6. The monoisotopic (exact) mass is 239 g/mol. The second-order valence-electron chi connectivity index (χ2n) is 5.06. The van der Waals surface area contributed by atoms with Gasteiger partial charge in [0.2, 0.25) is 0 Å². The molecule has 2 rings (SSSR count). The van der Waals surface area contributed by atoms with E-state index in [2.05, 4.69) is 0 Å². The Labute approximate surface area is 101 Å². The number of hydrogen-bond donors (Lipinski definition) is 1. The summed E-state index contributed by atoms with van der Waals surface area (Å²) in [5.41, 5.74) is 6.63. The molecule has 1 aromatic rings. The minimum Gasteiger partial charge on any atom is -0.323 e. The van der Waals surface area contributed by atoms with Crippen LogP contribution in [0.3, 0.4) is 0 Å². The third kappa shape index (κ3) is 2.65. The number of halogens is 2. The number of alkyl halides is 2. The van der Waals surface area contributed by atoms with Gasteiger partial charge in [-0.2, -0.15) is 0 Å². The van der Waals surface area contributed by atoms with Crippen molar-refractivity contribution in [1.82, 2.24) is 0 Å². The van der Waals surface area contributed by atoms with E-state index in [9.17, 15) is 8.78 Å². The highest BCUT2D eigenvalue weighted by Gasteiger charge is 2.38. The lowest BCUT2D eigenvalue weighted by molar-refractivity contribution is 0.0991. The molecule has 0 amide bonds. The molecule has 0 radical (unpaired) electrons. The number of hydrogen-bond acceptors (Lipinski definition) is 1. The third-order valence-corrected chi connectivity index (χ3v) is 3.90. The maximum Gasteiger partial charge on any atom is 0.253 e. The average Bonchev–Trinajstić information content (AvgIpc) is 2.80. The molecule has 17 heavy (non-hydrogen) atoms. The minimum atomic E-state index is -2.42. The molecule has 1 saturated carbocycles. The summed E-state index contributed by atoms with van der Waals surface area (Å²) in [6.07, 6.45) is 2.18. The van der Waals surface area contributed by atoms with Crippen LogP contribution < -0.4 is 5.73 Å². The molecule has 1 aromatic carbocycles. The molecule has 1 fully saturated rings. The van der Waals surface area contributed by atoms with Crippen LogP contribution in [0.5, 0.6) is 0 Å². The molecule has 2 N–H and O–H groups in total. The minimum absolute atomic E-state index is 0.114. The Hall–Kier alpha value is -0.960. The molecule has 0 aromatic heterocycles. The molecule has 1 aliphatic rings. The van der Waals surface area contributed by atoms with Crippen molar-refractivity contribution in [3.05, 3.63) is 35.9 Å². The normalized spacial score (nSPS) is 20.7. The Bertz CT molecular complexity index is 344. The number of rotatable bonds is 4. The predicted molar refractivity (Wildman–Crippen MR) is 65.2 cm³/mol. The lowest BCUT2D eigenvalue weighted by Gasteiger charge is -2.32. The molecular weight excluding hydrogens is 220 g/mol. The van der Waals surface area contributed by atoms with E-state index in [4.69, 9.17) is 5.73 Å². The summed E-state index contributed by atoms with van der Waals surface area (Å²) < 4.78 is 25.3. The molecule has 3 heteroatoms. The van der Waals surface area contributed by atoms with E-state index in [-0.39, 0.29) is 5.41 Å². The molecule has 0 aliphatic heterocycles. The molecular formula is C14H19F2N. The Morgan fingerprint density at radius 3 is 2.24 bits per heavy atom. The summed E-state index contributed by atoms with van der Waals surface area (Å²) in [7, 11) is 0. The van der Waals surface area contributed by atoms with Gasteiger partial charge in [0.1, 0.15) is 0 Å². The van der Waals surface area contributed by atoms with Crippen molar-refractivity contribution in [2.75, 3.05) is 0 Å². The summed E-state index contributed by atoms with van der Waals surface area (Å²) in [5, 5.41) is 0. The first-order valence-electron chi connectivity index (χ1n) is 6.23. The fraction of sp³-hybridized carbons (Fsp3) is 0.571. The zero-order chi connectivity index (χ0) is 12.3. The van der Waals surface area contributed by atoms with Gasteiger partial charge in [-0.3, -0.25) is 0 Å². The quantitative estimate of drug-likeness (QED) is 0.855. The zero-order valence-electron chi connectivity index (χ0n) is 9.91. The summed E-state index contributed by atoms with van der Waals surface area (Å²) in [5.74, 6) is 0. The van der Waals surface area contributed by atoms with Gasteiger partial charge >= 0.3 is 0 Å². The second-order valence-corrected chi connectivity index (χ2v) is 5.06. The summed E-state index contributed by atoms with van der Waals surface area (Å²) in [6, 6.07) is 8.99. The van der Waals surface area contributed by atoms with Crippen LogP contribution in [0.1, 0.15) is 37.7 Å². The lowest BCUT2D eigenvalue weighted by Crippen LogP contribution is -2.37. The zero-order valence-corrected chi connectivity index (χ0v) is 9.91. The van der Waals surface area contributed by atoms with Crippen LogP contribution in [0.25, 0.3) is 0 Å². The first-order chi connectivity index (χ1) is 8.14. The van der Waals surface area contributed by atoms with E-state index < -0.39 is 12.5 Å². The van der Waals surface area contributed by atoms with E-state index >= 15 is 0 Å². The highest BCUT2D eigenvalue weighted by atomic mass is 19.3. The first-order valence-corrected chi connectivity index (χ1v) is 6.23. The van der Waals surface area contributed by atoms with Gasteiger partial charge in [0, 0.05) is 0 Å². The third-order valence-electron chi connectivity index (χ3n) is 3.90. The molecule has 1 aliphatic carbocycles. The molecule has 0 heterocycles. The first kappa shape index (κ1) is 12.5. The van der Waals surface area contributed by atoms with Gasteiger partial charge in [-0.25, -0.2) is 8.78 Å². The van der Waals surface area contributed by atoms with Crippen molar-refractivity contribution in [2.45, 2.75) is 50.0 Å². The molecule has 1 atom stereocenters. The van der Waals surface area contributed by atoms with E-state index in [1.54, 1.807) is 0 Å². The smallest absolute Gasteiger partial charge is 0.253 e. The molecule has 0 bridgehead atoms. The Kier molecular flexibility index (Phi) is 3.77. The molecule has 1 nitrogen and oxygen atoms in total. The fourth-order valence-electron chi connectivity index (χ4n) is 2.99. The van der Waals surface area contributed by atoms with Crippen LogP contribution in [0.2, 0.25) is 0 Å². The Morgan fingerprint density at radius 1 is 1.12 bits per heavy atom. The molecule has 0 spiro atoms. The maximum absolute atomic E-state index is 12.6. The number of nitrogens with two attached hydrogens (primary N) is 1. The Balaban J connectivity index is 2.21. The van der Waals surface area contributed by atoms with Gasteiger partial charge < -0.3 is 5.73 Å². The highest BCUT2D eigenvalue weighted by molar-refractivity contribution is 5.27. The van der Waals surface area contributed by atoms with Gasteiger partial charge in [-0.05, 0) is 30.2 Å². The summed E-state index contributed by atoms with van der Waals surface area (Å²) in [6.45, 7) is 0. The highest BCUT2D eigenvalue weighted by Crippen LogP contribution is 2.44. The lowest BCUT2D eigenvalue weighted by atomic mass is 9.74.